The maximum atomic E-state index is 12.9. The van der Waals surface area contributed by atoms with Crippen molar-refractivity contribution in [2.24, 2.45) is 0 Å². The summed E-state index contributed by atoms with van der Waals surface area (Å²) in [6, 6.07) is 2.08. The zero-order chi connectivity index (χ0) is 19.7. The number of aromatic nitrogens is 1. The second kappa shape index (κ2) is 8.07. The minimum Gasteiger partial charge on any atom is -0.480 e. The molecule has 1 aromatic rings. The molecule has 0 spiro atoms. The van der Waals surface area contributed by atoms with Crippen molar-refractivity contribution in [3.8, 4) is 5.88 Å². The van der Waals surface area contributed by atoms with Crippen LogP contribution in [0, 0.1) is 0 Å². The summed E-state index contributed by atoms with van der Waals surface area (Å²) in [5, 5.41) is 3.09. The van der Waals surface area contributed by atoms with Crippen molar-refractivity contribution in [3.05, 3.63) is 22.9 Å². The number of hydrogen-bond acceptors (Lipinski definition) is 5. The molecule has 2 saturated carbocycles. The number of pyridine rings is 1. The monoisotopic (exact) mass is 387 g/mol. The molecule has 2 aliphatic carbocycles. The number of nitrogens with zero attached hydrogens (tertiary/aromatic N) is 2. The number of nitrogens with one attached hydrogen (secondary N) is 1. The third-order valence-electron chi connectivity index (χ3n) is 6.42. The molecule has 1 aromatic heterocycles. The quantitative estimate of drug-likeness (QED) is 0.840. The maximum absolute atomic E-state index is 12.9. The Hall–Kier alpha value is -2.15. The molecule has 0 unspecified atom stereocenters. The predicted octanol–water partition coefficient (Wildman–Crippen LogP) is 2.68. The molecule has 7 nitrogen and oxygen atoms in total. The Kier molecular flexibility index (Phi) is 5.53. The van der Waals surface area contributed by atoms with Crippen LogP contribution in [-0.2, 0) is 11.3 Å². The molecule has 4 rings (SSSR count). The number of hydrogen-bond donors (Lipinski definition) is 1. The molecule has 0 bridgehead atoms. The summed E-state index contributed by atoms with van der Waals surface area (Å²) in [5.74, 6) is 0.0646. The normalized spacial score (nSPS) is 25.1. The van der Waals surface area contributed by atoms with Gasteiger partial charge in [-0.1, -0.05) is 12.8 Å². The van der Waals surface area contributed by atoms with Gasteiger partial charge >= 0.3 is 0 Å². The largest absolute Gasteiger partial charge is 0.480 e. The van der Waals surface area contributed by atoms with E-state index >= 15 is 0 Å². The van der Waals surface area contributed by atoms with E-state index in [-0.39, 0.29) is 24.0 Å². The molecular formula is C21H29N3O4. The van der Waals surface area contributed by atoms with Gasteiger partial charge in [-0.15, -0.1) is 0 Å². The number of amides is 2. The van der Waals surface area contributed by atoms with Gasteiger partial charge in [-0.3, -0.25) is 9.59 Å². The van der Waals surface area contributed by atoms with Gasteiger partial charge in [0.15, 0.2) is 0 Å². The fraction of sp³-hybridized carbons (Fsp3) is 0.667. The minimum absolute atomic E-state index is 0.00768. The van der Waals surface area contributed by atoms with Crippen LogP contribution in [0.25, 0.3) is 0 Å². The summed E-state index contributed by atoms with van der Waals surface area (Å²) >= 11 is 0. The van der Waals surface area contributed by atoms with Crippen molar-refractivity contribution in [1.82, 2.24) is 15.2 Å². The van der Waals surface area contributed by atoms with Gasteiger partial charge in [0.05, 0.1) is 31.0 Å². The third-order valence-corrected chi connectivity index (χ3v) is 6.42. The van der Waals surface area contributed by atoms with Crippen LogP contribution in [0.15, 0.2) is 6.07 Å². The Balaban J connectivity index is 1.51. The van der Waals surface area contributed by atoms with Gasteiger partial charge in [0.25, 0.3) is 11.8 Å². The predicted molar refractivity (Wildman–Crippen MR) is 103 cm³/mol. The van der Waals surface area contributed by atoms with Crippen LogP contribution in [0.1, 0.15) is 77.8 Å². The first kappa shape index (κ1) is 19.2. The van der Waals surface area contributed by atoms with E-state index in [4.69, 9.17) is 9.47 Å². The number of carbonyl (C=O) groups excluding carboxylic acids is 2. The summed E-state index contributed by atoms with van der Waals surface area (Å²) < 4.78 is 10.8. The van der Waals surface area contributed by atoms with Crippen molar-refractivity contribution in [1.29, 1.82) is 0 Å². The number of fused-ring (bicyclic) bond motifs is 1. The molecule has 2 fully saturated rings. The van der Waals surface area contributed by atoms with Crippen LogP contribution >= 0.6 is 0 Å². The summed E-state index contributed by atoms with van der Waals surface area (Å²) in [7, 11) is 3.25. The van der Waals surface area contributed by atoms with Crippen LogP contribution in [0.4, 0.5) is 0 Å². The van der Waals surface area contributed by atoms with Crippen LogP contribution in [0.2, 0.25) is 0 Å². The lowest BCUT2D eigenvalue weighted by Crippen LogP contribution is -2.39. The summed E-state index contributed by atoms with van der Waals surface area (Å²) in [6.07, 6.45) is 8.37. The maximum Gasteiger partial charge on any atom is 0.257 e. The van der Waals surface area contributed by atoms with E-state index in [1.54, 1.807) is 13.2 Å². The minimum atomic E-state index is -0.222. The Morgan fingerprint density at radius 3 is 2.50 bits per heavy atom. The van der Waals surface area contributed by atoms with E-state index in [9.17, 15) is 9.59 Å². The summed E-state index contributed by atoms with van der Waals surface area (Å²) in [4.78, 5) is 32.2. The molecular weight excluding hydrogens is 358 g/mol. The van der Waals surface area contributed by atoms with Gasteiger partial charge in [0.1, 0.15) is 5.56 Å². The zero-order valence-electron chi connectivity index (χ0n) is 16.7. The first-order valence-electron chi connectivity index (χ1n) is 10.3. The molecule has 0 radical (unpaired) electrons. The molecule has 2 amide bonds. The van der Waals surface area contributed by atoms with E-state index in [2.05, 4.69) is 10.3 Å². The van der Waals surface area contributed by atoms with Crippen molar-refractivity contribution in [2.45, 2.75) is 76.1 Å². The lowest BCUT2D eigenvalue weighted by Gasteiger charge is -2.28. The summed E-state index contributed by atoms with van der Waals surface area (Å²) in [6.45, 7) is 0.512. The SMILES string of the molecule is COc1nc2c(cc1C(=O)NC1CCC(OC)CC1)C(=O)N(C1CCCC1)C2. The fourth-order valence-electron chi connectivity index (χ4n) is 4.76. The molecule has 7 heteroatoms. The number of methoxy groups -OCH3 is 2. The highest BCUT2D eigenvalue weighted by Gasteiger charge is 2.36. The van der Waals surface area contributed by atoms with Crippen molar-refractivity contribution in [2.75, 3.05) is 14.2 Å². The van der Waals surface area contributed by atoms with E-state index in [1.165, 1.54) is 20.0 Å². The number of ether oxygens (including phenoxy) is 2. The fourth-order valence-corrected chi connectivity index (χ4v) is 4.76. The van der Waals surface area contributed by atoms with Gasteiger partial charge in [0.2, 0.25) is 5.88 Å². The highest BCUT2D eigenvalue weighted by Crippen LogP contribution is 2.33. The molecule has 152 valence electrons. The van der Waals surface area contributed by atoms with Gasteiger partial charge in [-0.2, -0.15) is 0 Å². The van der Waals surface area contributed by atoms with Crippen molar-refractivity contribution in [3.63, 3.8) is 0 Å². The lowest BCUT2D eigenvalue weighted by molar-refractivity contribution is 0.0598. The Bertz CT molecular complexity index is 752. The highest BCUT2D eigenvalue weighted by molar-refractivity contribution is 6.03. The molecule has 1 aliphatic heterocycles. The van der Waals surface area contributed by atoms with E-state index in [0.29, 0.717) is 35.3 Å². The second-order valence-electron chi connectivity index (χ2n) is 8.09. The van der Waals surface area contributed by atoms with Crippen LogP contribution < -0.4 is 10.1 Å². The van der Waals surface area contributed by atoms with E-state index in [0.717, 1.165) is 38.5 Å². The lowest BCUT2D eigenvalue weighted by atomic mass is 9.93. The third kappa shape index (κ3) is 3.60. The molecule has 2 heterocycles. The Morgan fingerprint density at radius 2 is 1.86 bits per heavy atom. The zero-order valence-corrected chi connectivity index (χ0v) is 16.7. The summed E-state index contributed by atoms with van der Waals surface area (Å²) in [5.41, 5.74) is 1.60. The average molecular weight is 387 g/mol. The Morgan fingerprint density at radius 1 is 1.14 bits per heavy atom. The molecule has 28 heavy (non-hydrogen) atoms. The standard InChI is InChI=1S/C21H29N3O4/c1-27-15-9-7-13(8-10-15)22-19(25)17-11-16-18(23-20(17)28-2)12-24(21(16)26)14-5-3-4-6-14/h11,13-15H,3-10,12H2,1-2H3,(H,22,25). The average Bonchev–Trinajstić information content (AvgIpc) is 3.35. The molecule has 0 saturated heterocycles. The van der Waals surface area contributed by atoms with E-state index < -0.39 is 0 Å². The molecule has 1 N–H and O–H groups in total. The number of carbonyl (C=O) groups is 2. The Labute approximate surface area is 165 Å². The van der Waals surface area contributed by atoms with Gasteiger partial charge in [0, 0.05) is 19.2 Å². The van der Waals surface area contributed by atoms with Gasteiger partial charge in [-0.05, 0) is 44.6 Å². The smallest absolute Gasteiger partial charge is 0.257 e. The second-order valence-corrected chi connectivity index (χ2v) is 8.09. The highest BCUT2D eigenvalue weighted by atomic mass is 16.5. The first-order valence-corrected chi connectivity index (χ1v) is 10.3. The van der Waals surface area contributed by atoms with Crippen LogP contribution in [-0.4, -0.2) is 54.1 Å². The van der Waals surface area contributed by atoms with Crippen molar-refractivity contribution >= 4 is 11.8 Å². The first-order chi connectivity index (χ1) is 13.6. The molecule has 3 aliphatic rings. The van der Waals surface area contributed by atoms with E-state index in [1.807, 2.05) is 4.90 Å². The van der Waals surface area contributed by atoms with Crippen LogP contribution in [0.5, 0.6) is 5.88 Å². The van der Waals surface area contributed by atoms with Gasteiger partial charge < -0.3 is 19.7 Å². The molecule has 0 aromatic carbocycles. The van der Waals surface area contributed by atoms with Crippen LogP contribution in [0.3, 0.4) is 0 Å². The topological polar surface area (TPSA) is 80.8 Å². The number of rotatable bonds is 5. The molecule has 0 atom stereocenters. The van der Waals surface area contributed by atoms with Crippen molar-refractivity contribution < 1.29 is 19.1 Å². The van der Waals surface area contributed by atoms with Gasteiger partial charge in [-0.25, -0.2) is 4.98 Å².